The van der Waals surface area contributed by atoms with Gasteiger partial charge in [-0.1, -0.05) is 18.2 Å². The van der Waals surface area contributed by atoms with Crippen LogP contribution in [0.4, 0.5) is 0 Å². The van der Waals surface area contributed by atoms with Gasteiger partial charge < -0.3 is 25.6 Å². The molecule has 0 bridgehead atoms. The van der Waals surface area contributed by atoms with Crippen LogP contribution in [0, 0.1) is 0 Å². The van der Waals surface area contributed by atoms with Gasteiger partial charge in [0.2, 0.25) is 5.78 Å². The number of hydrogen-bond acceptors (Lipinski definition) is 9. The lowest BCUT2D eigenvalue weighted by Crippen LogP contribution is -2.37. The number of rotatable bonds is 4. The maximum absolute atomic E-state index is 14.5. The van der Waals surface area contributed by atoms with Gasteiger partial charge in [0, 0.05) is 39.3 Å². The van der Waals surface area contributed by atoms with E-state index < -0.39 is 79.7 Å². The van der Waals surface area contributed by atoms with E-state index in [4.69, 9.17) is 0 Å². The molecule has 4 aliphatic rings. The molecule has 10 nitrogen and oxygen atoms in total. The molecule has 0 saturated heterocycles. The normalized spacial score (nSPS) is 22.5. The van der Waals surface area contributed by atoms with Gasteiger partial charge in [-0.3, -0.25) is 24.0 Å². The highest BCUT2D eigenvalue weighted by Crippen LogP contribution is 2.61. The minimum absolute atomic E-state index is 0.0908. The molecule has 44 heavy (non-hydrogen) atoms. The van der Waals surface area contributed by atoms with Crippen molar-refractivity contribution in [1.29, 1.82) is 0 Å². The van der Waals surface area contributed by atoms with Gasteiger partial charge in [0.25, 0.3) is 5.56 Å². The summed E-state index contributed by atoms with van der Waals surface area (Å²) in [6.07, 6.45) is 9.45. The van der Waals surface area contributed by atoms with Crippen molar-refractivity contribution in [2.45, 2.75) is 43.7 Å². The van der Waals surface area contributed by atoms with Crippen LogP contribution in [-0.2, 0) is 5.41 Å². The second-order valence-corrected chi connectivity index (χ2v) is 13.0. The average molecular weight is 722 g/mol. The van der Waals surface area contributed by atoms with E-state index in [1.54, 1.807) is 24.3 Å². The molecule has 2 aromatic carbocycles. The molecule has 1 saturated carbocycles. The van der Waals surface area contributed by atoms with Crippen molar-refractivity contribution in [3.05, 3.63) is 88.8 Å². The topological polar surface area (TPSA) is 174 Å². The Labute approximate surface area is 265 Å². The van der Waals surface area contributed by atoms with Gasteiger partial charge in [0.15, 0.2) is 17.3 Å². The Bertz CT molecular complexity index is 2100. The summed E-state index contributed by atoms with van der Waals surface area (Å²) < 4.78 is 0.202. The standard InChI is InChI=1S/C32H22Br2N2O8/c1-2-3-4-5-12-8-13-17(31(44)36-12)28(41)23-18(24(13)34)15(35-11-6-7-11)10-32(23)29(42)21-22(30(32)43)27(40)20-19(26(21)39)16(37)9-14(33)25(20)38/h2-5,8-9,11,15,35,39-41H,6-7,10H2,1H3,(H,36,44)/b3-2+,5-4+/t15?,32-/m0/s1. The van der Waals surface area contributed by atoms with Gasteiger partial charge in [-0.2, -0.15) is 0 Å². The van der Waals surface area contributed by atoms with Gasteiger partial charge in [0.1, 0.15) is 22.7 Å². The summed E-state index contributed by atoms with van der Waals surface area (Å²) in [6.45, 7) is 1.85. The van der Waals surface area contributed by atoms with Gasteiger partial charge in [-0.25, -0.2) is 0 Å². The number of carbonyl (C=O) groups is 4. The summed E-state index contributed by atoms with van der Waals surface area (Å²) in [4.78, 5) is 70.9. The highest BCUT2D eigenvalue weighted by molar-refractivity contribution is 9.12. The lowest BCUT2D eigenvalue weighted by molar-refractivity contribution is 0.0782. The van der Waals surface area contributed by atoms with E-state index in [-0.39, 0.29) is 27.9 Å². The minimum atomic E-state index is -2.17. The molecule has 0 radical (unpaired) electrons. The van der Waals surface area contributed by atoms with Crippen molar-refractivity contribution in [2.75, 3.05) is 0 Å². The summed E-state index contributed by atoms with van der Waals surface area (Å²) >= 11 is 6.59. The highest BCUT2D eigenvalue weighted by Gasteiger charge is 2.64. The summed E-state index contributed by atoms with van der Waals surface area (Å²) in [7, 11) is 0. The van der Waals surface area contributed by atoms with E-state index in [2.05, 4.69) is 42.2 Å². The molecule has 3 aromatic rings. The SMILES string of the molecule is C/C=C/C=C/c1cc2c(Br)c3c(c(O)c2c(=O)[nH]1)[C@@]1(CC3NC2CC2)C(=O)c2c(O)c3c(c(O)c2C1=O)C(=O)C(Br)=CC3=O. The molecule has 0 aliphatic heterocycles. The molecule has 222 valence electrons. The molecule has 4 aliphatic carbocycles. The summed E-state index contributed by atoms with van der Waals surface area (Å²) in [5, 5.41) is 38.0. The quantitative estimate of drug-likeness (QED) is 0.138. The van der Waals surface area contributed by atoms with E-state index in [0.29, 0.717) is 21.1 Å². The van der Waals surface area contributed by atoms with Crippen molar-refractivity contribution in [3.63, 3.8) is 0 Å². The maximum atomic E-state index is 14.5. The third kappa shape index (κ3) is 3.64. The first kappa shape index (κ1) is 28.6. The highest BCUT2D eigenvalue weighted by atomic mass is 79.9. The van der Waals surface area contributed by atoms with Crippen molar-refractivity contribution in [1.82, 2.24) is 10.3 Å². The molecule has 0 amide bonds. The molecule has 1 aromatic heterocycles. The van der Waals surface area contributed by atoms with Crippen LogP contribution in [0.25, 0.3) is 16.8 Å². The Balaban J connectivity index is 1.53. The number of nitrogens with one attached hydrogen (secondary N) is 2. The van der Waals surface area contributed by atoms with Crippen molar-refractivity contribution in [3.8, 4) is 17.2 Å². The Kier molecular flexibility index (Phi) is 6.30. The Morgan fingerprint density at radius 2 is 1.59 bits per heavy atom. The fourth-order valence-corrected chi connectivity index (χ4v) is 7.94. The number of hydrogen-bond donors (Lipinski definition) is 5. The number of allylic oxidation sites excluding steroid dienone is 5. The first-order chi connectivity index (χ1) is 20.9. The van der Waals surface area contributed by atoms with Crippen molar-refractivity contribution >= 4 is 71.8 Å². The average Bonchev–Trinajstić information content (AvgIpc) is 3.68. The number of benzene rings is 2. The summed E-state index contributed by atoms with van der Waals surface area (Å²) in [5.74, 6) is -5.98. The minimum Gasteiger partial charge on any atom is -0.507 e. The van der Waals surface area contributed by atoms with E-state index >= 15 is 0 Å². The summed E-state index contributed by atoms with van der Waals surface area (Å²) in [5.41, 5.74) is -4.51. The molecular weight excluding hydrogens is 700 g/mol. The van der Waals surface area contributed by atoms with E-state index in [0.717, 1.165) is 18.9 Å². The monoisotopic (exact) mass is 720 g/mol. The van der Waals surface area contributed by atoms with Crippen LogP contribution in [0.1, 0.15) is 90.5 Å². The zero-order valence-electron chi connectivity index (χ0n) is 22.9. The molecule has 7 rings (SSSR count). The number of aromatic amines is 1. The Morgan fingerprint density at radius 1 is 0.932 bits per heavy atom. The van der Waals surface area contributed by atoms with Gasteiger partial charge in [0.05, 0.1) is 32.1 Å². The van der Waals surface area contributed by atoms with E-state index in [1.165, 1.54) is 0 Å². The zero-order chi connectivity index (χ0) is 31.4. The molecule has 1 heterocycles. The fraction of sp³-hybridized carbons (Fsp3) is 0.219. The molecule has 2 atom stereocenters. The molecule has 5 N–H and O–H groups in total. The van der Waals surface area contributed by atoms with Crippen LogP contribution < -0.4 is 10.9 Å². The zero-order valence-corrected chi connectivity index (χ0v) is 26.1. The number of phenols is 3. The smallest absolute Gasteiger partial charge is 0.260 e. The number of carbonyl (C=O) groups excluding carboxylic acids is 4. The third-order valence-electron chi connectivity index (χ3n) is 8.77. The number of halogens is 2. The number of aromatic nitrogens is 1. The molecule has 1 unspecified atom stereocenters. The fourth-order valence-electron chi connectivity index (χ4n) is 6.74. The first-order valence-electron chi connectivity index (χ1n) is 13.8. The predicted octanol–water partition coefficient (Wildman–Crippen LogP) is 5.17. The second kappa shape index (κ2) is 9.68. The number of fused-ring (bicyclic) bond motifs is 5. The van der Waals surface area contributed by atoms with Crippen LogP contribution >= 0.6 is 31.9 Å². The lowest BCUT2D eigenvalue weighted by Gasteiger charge is -2.23. The number of ketones is 4. The number of aromatic hydroxyl groups is 3. The van der Waals surface area contributed by atoms with Gasteiger partial charge in [-0.05, 0) is 75.8 Å². The Morgan fingerprint density at radius 3 is 2.23 bits per heavy atom. The molecule has 12 heteroatoms. The maximum Gasteiger partial charge on any atom is 0.260 e. The van der Waals surface area contributed by atoms with Crippen LogP contribution in [0.5, 0.6) is 17.2 Å². The lowest BCUT2D eigenvalue weighted by atomic mass is 9.76. The third-order valence-corrected chi connectivity index (χ3v) is 10.2. The van der Waals surface area contributed by atoms with E-state index in [1.807, 2.05) is 13.0 Å². The number of Topliss-reactive ketones (excluding diaryl/α,β-unsaturated/α-hetero) is 3. The van der Waals surface area contributed by atoms with Crippen LogP contribution in [0.15, 0.2) is 44.1 Å². The number of pyridine rings is 1. The number of phenolic OH excluding ortho intramolecular Hbond substituents is 3. The first-order valence-corrected chi connectivity index (χ1v) is 15.4. The molecular formula is C32H22Br2N2O8. The molecule has 1 spiro atoms. The second-order valence-electron chi connectivity index (χ2n) is 11.3. The van der Waals surface area contributed by atoms with Gasteiger partial charge >= 0.3 is 0 Å². The van der Waals surface area contributed by atoms with Crippen LogP contribution in [0.3, 0.4) is 0 Å². The number of H-pyrrole nitrogens is 1. The summed E-state index contributed by atoms with van der Waals surface area (Å²) in [6, 6.07) is 1.11. The van der Waals surface area contributed by atoms with Crippen LogP contribution in [-0.4, -0.2) is 49.5 Å². The van der Waals surface area contributed by atoms with Crippen molar-refractivity contribution in [2.24, 2.45) is 0 Å². The molecule has 1 fully saturated rings. The Hall–Kier alpha value is -4.13. The van der Waals surface area contributed by atoms with Gasteiger partial charge in [-0.15, -0.1) is 0 Å². The predicted molar refractivity (Wildman–Crippen MR) is 167 cm³/mol. The van der Waals surface area contributed by atoms with E-state index in [9.17, 15) is 39.3 Å². The largest absolute Gasteiger partial charge is 0.507 e. The van der Waals surface area contributed by atoms with Crippen LogP contribution in [0.2, 0.25) is 0 Å². The van der Waals surface area contributed by atoms with Crippen molar-refractivity contribution < 1.29 is 34.5 Å².